The van der Waals surface area contributed by atoms with E-state index in [-0.39, 0.29) is 24.6 Å². The Morgan fingerprint density at radius 1 is 1.24 bits per heavy atom. The first-order valence-electron chi connectivity index (χ1n) is 4.75. The number of carbonyl (C=O) groups excluding carboxylic acids is 1. The molecule has 0 saturated heterocycles. The van der Waals surface area contributed by atoms with Crippen molar-refractivity contribution in [1.29, 1.82) is 0 Å². The Morgan fingerprint density at radius 3 is 2.18 bits per heavy atom. The zero-order chi connectivity index (χ0) is 12.2. The first-order chi connectivity index (χ1) is 7.43. The van der Waals surface area contributed by atoms with Crippen LogP contribution in [0.25, 0.3) is 0 Å². The van der Waals surface area contributed by atoms with Crippen LogP contribution in [-0.4, -0.2) is 5.78 Å². The summed E-state index contributed by atoms with van der Waals surface area (Å²) < 4.78 is 36.7. The Labute approximate surface area is 104 Å². The highest BCUT2D eigenvalue weighted by Gasteiger charge is 2.29. The second-order valence-electron chi connectivity index (χ2n) is 3.37. The van der Waals surface area contributed by atoms with Crippen LogP contribution in [0.5, 0.6) is 0 Å². The van der Waals surface area contributed by atoms with E-state index in [4.69, 9.17) is 0 Å². The average molecular weight is 265 g/mol. The van der Waals surface area contributed by atoms with E-state index in [2.05, 4.69) is 6.58 Å². The predicted molar refractivity (Wildman–Crippen MR) is 62.2 cm³/mol. The number of ketones is 1. The van der Waals surface area contributed by atoms with Crippen molar-refractivity contribution in [3.8, 4) is 0 Å². The van der Waals surface area contributed by atoms with Crippen molar-refractivity contribution >= 4 is 18.2 Å². The number of allylic oxidation sites excluding steroid dienone is 1. The van der Waals surface area contributed by atoms with E-state index in [0.717, 1.165) is 12.1 Å². The number of rotatable bonds is 4. The summed E-state index contributed by atoms with van der Waals surface area (Å²) >= 11 is 0. The summed E-state index contributed by atoms with van der Waals surface area (Å²) in [5, 5.41) is 0. The molecular formula is C12H12ClF3O. The van der Waals surface area contributed by atoms with Gasteiger partial charge in [-0.05, 0) is 30.2 Å². The van der Waals surface area contributed by atoms with Gasteiger partial charge in [-0.25, -0.2) is 0 Å². The summed E-state index contributed by atoms with van der Waals surface area (Å²) in [7, 11) is 0. The molecule has 0 saturated carbocycles. The third-order valence-electron chi connectivity index (χ3n) is 2.17. The zero-order valence-electron chi connectivity index (χ0n) is 8.96. The number of carbonyl (C=O) groups is 1. The van der Waals surface area contributed by atoms with Crippen molar-refractivity contribution in [2.45, 2.75) is 19.0 Å². The Hall–Kier alpha value is -1.29. The van der Waals surface area contributed by atoms with Crippen molar-refractivity contribution in [2.24, 2.45) is 0 Å². The molecule has 0 aliphatic rings. The number of benzene rings is 1. The molecule has 0 spiro atoms. The summed E-state index contributed by atoms with van der Waals surface area (Å²) in [4.78, 5) is 10.9. The first-order valence-corrected chi connectivity index (χ1v) is 4.75. The van der Waals surface area contributed by atoms with Gasteiger partial charge in [0.05, 0.1) is 5.56 Å². The number of hydrogen-bond donors (Lipinski definition) is 0. The van der Waals surface area contributed by atoms with Crippen molar-refractivity contribution in [3.05, 3.63) is 48.0 Å². The fourth-order valence-electron chi connectivity index (χ4n) is 1.23. The molecule has 0 aliphatic carbocycles. The third-order valence-corrected chi connectivity index (χ3v) is 2.17. The Bertz CT molecular complexity index is 382. The molecule has 1 aromatic carbocycles. The van der Waals surface area contributed by atoms with Crippen LogP contribution in [0.4, 0.5) is 13.2 Å². The molecule has 0 fully saturated rings. The van der Waals surface area contributed by atoms with Gasteiger partial charge in [-0.15, -0.1) is 12.4 Å². The van der Waals surface area contributed by atoms with E-state index in [9.17, 15) is 18.0 Å². The minimum Gasteiger partial charge on any atom is -0.295 e. The number of hydrogen-bond acceptors (Lipinski definition) is 1. The second kappa shape index (κ2) is 6.45. The molecule has 17 heavy (non-hydrogen) atoms. The summed E-state index contributed by atoms with van der Waals surface area (Å²) in [6, 6.07) is 4.82. The molecule has 5 heteroatoms. The van der Waals surface area contributed by atoms with Crippen molar-refractivity contribution < 1.29 is 18.0 Å². The van der Waals surface area contributed by atoms with Crippen LogP contribution in [0, 0.1) is 0 Å². The summed E-state index contributed by atoms with van der Waals surface area (Å²) in [6.45, 7) is 3.32. The van der Waals surface area contributed by atoms with E-state index in [0.29, 0.717) is 12.0 Å². The number of alkyl halides is 3. The molecule has 0 atom stereocenters. The average Bonchev–Trinajstić information content (AvgIpc) is 2.25. The van der Waals surface area contributed by atoms with Crippen molar-refractivity contribution in [2.75, 3.05) is 0 Å². The van der Waals surface area contributed by atoms with Crippen molar-refractivity contribution in [1.82, 2.24) is 0 Å². The molecule has 0 amide bonds. The van der Waals surface area contributed by atoms with Gasteiger partial charge in [0.2, 0.25) is 0 Å². The molecule has 1 nitrogen and oxygen atoms in total. The Balaban J connectivity index is 0.00000256. The molecule has 1 rings (SSSR count). The molecule has 0 bridgehead atoms. The molecule has 1 aromatic rings. The lowest BCUT2D eigenvalue weighted by atomic mass is 10.1. The molecule has 0 aromatic heterocycles. The minimum atomic E-state index is -4.31. The summed E-state index contributed by atoms with van der Waals surface area (Å²) in [6.07, 6.45) is -2.39. The maximum atomic E-state index is 12.2. The van der Waals surface area contributed by atoms with Crippen LogP contribution >= 0.6 is 12.4 Å². The standard InChI is InChI=1S/C12H11F3O.ClH/c1-2-11(16)8-5-9-3-6-10(7-4-9)12(13,14)15;/h2-4,6-7H,1,5,8H2;1H. The molecule has 0 N–H and O–H groups in total. The van der Waals surface area contributed by atoms with Gasteiger partial charge < -0.3 is 0 Å². The predicted octanol–water partition coefficient (Wildman–Crippen LogP) is 3.81. The first kappa shape index (κ1) is 15.7. The second-order valence-corrected chi connectivity index (χ2v) is 3.37. The van der Waals surface area contributed by atoms with Crippen LogP contribution in [0.1, 0.15) is 17.5 Å². The number of aryl methyl sites for hydroxylation is 1. The van der Waals surface area contributed by atoms with E-state index >= 15 is 0 Å². The maximum absolute atomic E-state index is 12.2. The minimum absolute atomic E-state index is 0. The quantitative estimate of drug-likeness (QED) is 0.756. The van der Waals surface area contributed by atoms with Gasteiger partial charge in [-0.3, -0.25) is 4.79 Å². The van der Waals surface area contributed by atoms with E-state index in [1.54, 1.807) is 0 Å². The molecule has 0 radical (unpaired) electrons. The Kier molecular flexibility index (Phi) is 5.96. The fraction of sp³-hybridized carbons (Fsp3) is 0.250. The smallest absolute Gasteiger partial charge is 0.295 e. The lowest BCUT2D eigenvalue weighted by Crippen LogP contribution is -2.04. The van der Waals surface area contributed by atoms with E-state index < -0.39 is 11.7 Å². The molecule has 94 valence electrons. The van der Waals surface area contributed by atoms with Crippen LogP contribution in [0.2, 0.25) is 0 Å². The number of halogens is 4. The SMILES string of the molecule is C=CC(=O)CCc1ccc(C(F)(F)F)cc1.Cl. The van der Waals surface area contributed by atoms with Gasteiger partial charge in [0, 0.05) is 6.42 Å². The van der Waals surface area contributed by atoms with Gasteiger partial charge >= 0.3 is 6.18 Å². The van der Waals surface area contributed by atoms with Crippen LogP contribution in [-0.2, 0) is 17.4 Å². The van der Waals surface area contributed by atoms with Gasteiger partial charge in [0.1, 0.15) is 0 Å². The topological polar surface area (TPSA) is 17.1 Å². The monoisotopic (exact) mass is 264 g/mol. The lowest BCUT2D eigenvalue weighted by molar-refractivity contribution is -0.137. The third kappa shape index (κ3) is 5.04. The normalized spacial score (nSPS) is 10.5. The van der Waals surface area contributed by atoms with Gasteiger partial charge in [-0.1, -0.05) is 18.7 Å². The molecule has 0 aliphatic heterocycles. The zero-order valence-corrected chi connectivity index (χ0v) is 9.77. The molecule has 0 unspecified atom stereocenters. The van der Waals surface area contributed by atoms with E-state index in [1.807, 2.05) is 0 Å². The fourth-order valence-corrected chi connectivity index (χ4v) is 1.23. The summed E-state index contributed by atoms with van der Waals surface area (Å²) in [5.41, 5.74) is 0.0366. The van der Waals surface area contributed by atoms with Gasteiger partial charge in [0.15, 0.2) is 5.78 Å². The highest BCUT2D eigenvalue weighted by molar-refractivity contribution is 5.89. The lowest BCUT2D eigenvalue weighted by Gasteiger charge is -2.07. The van der Waals surface area contributed by atoms with Crippen LogP contribution in [0.3, 0.4) is 0 Å². The maximum Gasteiger partial charge on any atom is 0.416 e. The highest BCUT2D eigenvalue weighted by atomic mass is 35.5. The largest absolute Gasteiger partial charge is 0.416 e. The highest BCUT2D eigenvalue weighted by Crippen LogP contribution is 2.29. The molecule has 0 heterocycles. The molecular weight excluding hydrogens is 253 g/mol. The Morgan fingerprint density at radius 2 is 1.76 bits per heavy atom. The van der Waals surface area contributed by atoms with Gasteiger partial charge in [0.25, 0.3) is 0 Å². The van der Waals surface area contributed by atoms with Crippen LogP contribution < -0.4 is 0 Å². The summed E-state index contributed by atoms with van der Waals surface area (Å²) in [5.74, 6) is -0.111. The van der Waals surface area contributed by atoms with Gasteiger partial charge in [-0.2, -0.15) is 13.2 Å². The van der Waals surface area contributed by atoms with Crippen molar-refractivity contribution in [3.63, 3.8) is 0 Å². The van der Waals surface area contributed by atoms with E-state index in [1.165, 1.54) is 18.2 Å². The van der Waals surface area contributed by atoms with Crippen LogP contribution in [0.15, 0.2) is 36.9 Å².